The van der Waals surface area contributed by atoms with Crippen LogP contribution in [0.25, 0.3) is 0 Å². The van der Waals surface area contributed by atoms with Crippen molar-refractivity contribution in [2.45, 2.75) is 33.4 Å². The lowest BCUT2D eigenvalue weighted by molar-refractivity contribution is 0.0739. The quantitative estimate of drug-likeness (QED) is 0.667. The van der Waals surface area contributed by atoms with Gasteiger partial charge >= 0.3 is 0 Å². The minimum atomic E-state index is -0.363. The van der Waals surface area contributed by atoms with Crippen LogP contribution in [-0.4, -0.2) is 27.4 Å². The van der Waals surface area contributed by atoms with Gasteiger partial charge in [0.25, 0.3) is 5.91 Å². The average molecular weight is 365 g/mol. The van der Waals surface area contributed by atoms with E-state index in [1.54, 1.807) is 36.3 Å². The van der Waals surface area contributed by atoms with Gasteiger partial charge in [-0.25, -0.2) is 4.39 Å². The molecule has 3 rings (SSSR count). The van der Waals surface area contributed by atoms with E-state index in [9.17, 15) is 9.18 Å². The van der Waals surface area contributed by atoms with Gasteiger partial charge in [0.05, 0.1) is 23.8 Å². The fourth-order valence-electron chi connectivity index (χ4n) is 3.30. The van der Waals surface area contributed by atoms with Gasteiger partial charge in [-0.2, -0.15) is 0 Å². The summed E-state index contributed by atoms with van der Waals surface area (Å²) in [6.45, 7) is 6.36. The van der Waals surface area contributed by atoms with Crippen molar-refractivity contribution >= 4 is 5.91 Å². The smallest absolute Gasteiger partial charge is 0.255 e. The summed E-state index contributed by atoms with van der Waals surface area (Å²) in [5.41, 5.74) is 3.96. The molecule has 0 N–H and O–H groups in total. The summed E-state index contributed by atoms with van der Waals surface area (Å²) in [6, 6.07) is 13.9. The Morgan fingerprint density at radius 2 is 1.89 bits per heavy atom. The molecule has 3 aromatic rings. The topological polar surface area (TPSA) is 38.1 Å². The molecule has 1 unspecified atom stereocenters. The maximum Gasteiger partial charge on any atom is 0.255 e. The van der Waals surface area contributed by atoms with E-state index < -0.39 is 0 Å². The number of nitrogens with zero attached hydrogens (tertiary/aromatic N) is 3. The molecule has 0 saturated heterocycles. The number of halogens is 1. The lowest BCUT2D eigenvalue weighted by atomic mass is 10.1. The van der Waals surface area contributed by atoms with Crippen LogP contribution in [0.5, 0.6) is 0 Å². The van der Waals surface area contributed by atoms with Crippen LogP contribution in [0, 0.1) is 19.7 Å². The molecule has 27 heavy (non-hydrogen) atoms. The third-order valence-corrected chi connectivity index (χ3v) is 5.11. The molecule has 0 aliphatic heterocycles. The van der Waals surface area contributed by atoms with Crippen molar-refractivity contribution in [2.24, 2.45) is 0 Å². The van der Waals surface area contributed by atoms with Crippen LogP contribution < -0.4 is 0 Å². The van der Waals surface area contributed by atoms with E-state index in [4.69, 9.17) is 0 Å². The highest BCUT2D eigenvalue weighted by Crippen LogP contribution is 2.25. The number of amides is 1. The first-order valence-corrected chi connectivity index (χ1v) is 8.98. The summed E-state index contributed by atoms with van der Waals surface area (Å²) in [7, 11) is 1.71. The number of pyridine rings is 1. The van der Waals surface area contributed by atoms with E-state index in [1.165, 1.54) is 6.07 Å². The van der Waals surface area contributed by atoms with Crippen molar-refractivity contribution in [3.8, 4) is 0 Å². The van der Waals surface area contributed by atoms with E-state index in [-0.39, 0.29) is 17.8 Å². The first kappa shape index (κ1) is 18.8. The molecule has 0 spiro atoms. The van der Waals surface area contributed by atoms with Crippen LogP contribution in [-0.2, 0) is 6.54 Å². The number of benzene rings is 1. The second-order valence-corrected chi connectivity index (χ2v) is 6.81. The molecule has 1 atom stereocenters. The summed E-state index contributed by atoms with van der Waals surface area (Å²) in [5, 5.41) is 0. The summed E-state index contributed by atoms with van der Waals surface area (Å²) >= 11 is 0. The monoisotopic (exact) mass is 365 g/mol. The van der Waals surface area contributed by atoms with Crippen LogP contribution in [0.15, 0.2) is 54.7 Å². The molecular formula is C22H24FN3O. The Balaban J connectivity index is 1.87. The Morgan fingerprint density at radius 1 is 1.19 bits per heavy atom. The average Bonchev–Trinajstić information content (AvgIpc) is 2.95. The number of hydrogen-bond donors (Lipinski definition) is 0. The van der Waals surface area contributed by atoms with E-state index in [2.05, 4.69) is 9.55 Å². The molecule has 0 aliphatic rings. The predicted octanol–water partition coefficient (Wildman–Crippen LogP) is 4.52. The molecule has 5 heteroatoms. The molecule has 140 valence electrons. The molecular weight excluding hydrogens is 341 g/mol. The van der Waals surface area contributed by atoms with Crippen LogP contribution in [0.4, 0.5) is 4.39 Å². The van der Waals surface area contributed by atoms with Gasteiger partial charge in [0.2, 0.25) is 0 Å². The van der Waals surface area contributed by atoms with Crippen LogP contribution >= 0.6 is 0 Å². The number of rotatable bonds is 5. The van der Waals surface area contributed by atoms with Gasteiger partial charge < -0.3 is 9.47 Å². The van der Waals surface area contributed by atoms with E-state index in [1.807, 2.05) is 45.0 Å². The molecule has 2 aromatic heterocycles. The highest BCUT2D eigenvalue weighted by Gasteiger charge is 2.24. The van der Waals surface area contributed by atoms with Gasteiger partial charge in [0.1, 0.15) is 5.82 Å². The Labute approximate surface area is 159 Å². The minimum Gasteiger partial charge on any atom is -0.342 e. The van der Waals surface area contributed by atoms with Crippen LogP contribution in [0.2, 0.25) is 0 Å². The number of aromatic nitrogens is 2. The molecule has 0 fully saturated rings. The molecule has 1 amide bonds. The molecule has 0 bridgehead atoms. The minimum absolute atomic E-state index is 0.119. The molecule has 4 nitrogen and oxygen atoms in total. The number of carbonyl (C=O) groups is 1. The Hall–Kier alpha value is -2.95. The van der Waals surface area contributed by atoms with Gasteiger partial charge in [-0.15, -0.1) is 0 Å². The zero-order valence-corrected chi connectivity index (χ0v) is 16.1. The fraction of sp³-hybridized carbons (Fsp3) is 0.273. The van der Waals surface area contributed by atoms with Gasteiger partial charge in [0, 0.05) is 30.2 Å². The fourth-order valence-corrected chi connectivity index (χ4v) is 3.30. The maximum absolute atomic E-state index is 14.1. The molecule has 1 aromatic carbocycles. The van der Waals surface area contributed by atoms with Gasteiger partial charge in [-0.05, 0) is 45.0 Å². The van der Waals surface area contributed by atoms with E-state index in [0.717, 1.165) is 17.1 Å². The molecule has 0 radical (unpaired) electrons. The van der Waals surface area contributed by atoms with Gasteiger partial charge in [0.15, 0.2) is 0 Å². The predicted molar refractivity (Wildman–Crippen MR) is 104 cm³/mol. The summed E-state index contributed by atoms with van der Waals surface area (Å²) in [4.78, 5) is 19.0. The normalized spacial score (nSPS) is 12.0. The van der Waals surface area contributed by atoms with Crippen molar-refractivity contribution in [2.75, 3.05) is 7.05 Å². The second kappa shape index (κ2) is 7.74. The standard InChI is InChI=1S/C22H24FN3O/c1-15-13-20(17(3)26(15)14-18-9-7-8-12-24-18)22(27)25(4)16(2)19-10-5-6-11-21(19)23/h5-13,16H,14H2,1-4H3. The number of carbonyl (C=O) groups excluding carboxylic acids is 1. The SMILES string of the molecule is Cc1cc(C(=O)N(C)C(C)c2ccccc2F)c(C)n1Cc1ccccn1. The third-order valence-electron chi connectivity index (χ3n) is 5.11. The lowest BCUT2D eigenvalue weighted by Crippen LogP contribution is -2.30. The summed E-state index contributed by atoms with van der Waals surface area (Å²) in [5.74, 6) is -0.420. The Morgan fingerprint density at radius 3 is 2.56 bits per heavy atom. The van der Waals surface area contributed by atoms with Gasteiger partial charge in [-0.1, -0.05) is 24.3 Å². The zero-order chi connectivity index (χ0) is 19.6. The maximum atomic E-state index is 14.1. The largest absolute Gasteiger partial charge is 0.342 e. The number of hydrogen-bond acceptors (Lipinski definition) is 2. The van der Waals surface area contributed by atoms with Gasteiger partial charge in [-0.3, -0.25) is 9.78 Å². The molecule has 0 aliphatic carbocycles. The van der Waals surface area contributed by atoms with E-state index in [0.29, 0.717) is 17.7 Å². The van der Waals surface area contributed by atoms with Crippen molar-refractivity contribution < 1.29 is 9.18 Å². The molecule has 0 saturated carbocycles. The lowest BCUT2D eigenvalue weighted by Gasteiger charge is -2.25. The zero-order valence-electron chi connectivity index (χ0n) is 16.1. The molecule has 2 heterocycles. The summed E-state index contributed by atoms with van der Waals surface area (Å²) in [6.07, 6.45) is 1.76. The van der Waals surface area contributed by atoms with Crippen molar-refractivity contribution in [1.29, 1.82) is 0 Å². The van der Waals surface area contributed by atoms with Crippen molar-refractivity contribution in [3.63, 3.8) is 0 Å². The number of aryl methyl sites for hydroxylation is 1. The first-order chi connectivity index (χ1) is 12.9. The highest BCUT2D eigenvalue weighted by atomic mass is 19.1. The van der Waals surface area contributed by atoms with Crippen molar-refractivity contribution in [1.82, 2.24) is 14.5 Å². The Bertz CT molecular complexity index is 949. The van der Waals surface area contributed by atoms with Crippen molar-refractivity contribution in [3.05, 3.63) is 88.8 Å². The highest BCUT2D eigenvalue weighted by molar-refractivity contribution is 5.95. The Kier molecular flexibility index (Phi) is 5.40. The second-order valence-electron chi connectivity index (χ2n) is 6.81. The van der Waals surface area contributed by atoms with E-state index >= 15 is 0 Å². The van der Waals surface area contributed by atoms with Crippen LogP contribution in [0.3, 0.4) is 0 Å². The third kappa shape index (κ3) is 3.77. The first-order valence-electron chi connectivity index (χ1n) is 8.98. The van der Waals surface area contributed by atoms with Crippen LogP contribution in [0.1, 0.15) is 46.0 Å². The summed E-state index contributed by atoms with van der Waals surface area (Å²) < 4.78 is 16.2.